The number of amides is 1. The maximum Gasteiger partial charge on any atom is 0.311 e. The second-order valence-corrected chi connectivity index (χ2v) is 5.02. The van der Waals surface area contributed by atoms with E-state index in [1.54, 1.807) is 19.1 Å². The number of hydrogen-bond acceptors (Lipinski definition) is 4. The molecule has 2 atom stereocenters. The van der Waals surface area contributed by atoms with Crippen molar-refractivity contribution < 1.29 is 19.4 Å². The number of likely N-dealkylation sites (N-methyl/N-ethyl adjacent to an activating group) is 1. The minimum atomic E-state index is -0.857. The fourth-order valence-electron chi connectivity index (χ4n) is 2.50. The molecule has 0 bridgehead atoms. The van der Waals surface area contributed by atoms with Crippen LogP contribution in [0.4, 0.5) is 5.69 Å². The van der Waals surface area contributed by atoms with E-state index < -0.39 is 17.8 Å². The van der Waals surface area contributed by atoms with Crippen LogP contribution in [0, 0.1) is 12.8 Å². The average Bonchev–Trinajstić information content (AvgIpc) is 2.86. The summed E-state index contributed by atoms with van der Waals surface area (Å²) in [6.45, 7) is 2.41. The highest BCUT2D eigenvalue weighted by Crippen LogP contribution is 2.26. The fraction of sp³-hybridized carbons (Fsp3) is 0.429. The highest BCUT2D eigenvalue weighted by Gasteiger charge is 2.36. The number of aryl methyl sites for hydroxylation is 1. The number of primary amides is 1. The number of hydrogen-bond donors (Lipinski definition) is 2. The first-order valence-electron chi connectivity index (χ1n) is 6.35. The van der Waals surface area contributed by atoms with E-state index in [2.05, 4.69) is 0 Å². The van der Waals surface area contributed by atoms with E-state index in [1.165, 1.54) is 0 Å². The van der Waals surface area contributed by atoms with Gasteiger partial charge in [0.1, 0.15) is 5.92 Å². The lowest BCUT2D eigenvalue weighted by atomic mass is 10.0. The average molecular weight is 278 g/mol. The van der Waals surface area contributed by atoms with Gasteiger partial charge in [-0.15, -0.1) is 0 Å². The molecular formula is C14H18N2O4. The quantitative estimate of drug-likeness (QED) is 0.842. The number of aliphatic carboxylic acids is 1. The van der Waals surface area contributed by atoms with E-state index >= 15 is 0 Å². The molecule has 3 N–H and O–H groups in total. The standard InChI is InChI=1S/C14H18N2O4/c1-8-5-9(3-4-10(8)13(15)17)16(2)12-7-20-6-11(12)14(18)19/h3-5,11-12H,6-7H2,1-2H3,(H2,15,17)(H,18,19). The third kappa shape index (κ3) is 2.60. The van der Waals surface area contributed by atoms with Crippen LogP contribution in [-0.4, -0.2) is 43.3 Å². The van der Waals surface area contributed by atoms with Crippen molar-refractivity contribution in [3.8, 4) is 0 Å². The van der Waals surface area contributed by atoms with Crippen LogP contribution in [0.25, 0.3) is 0 Å². The van der Waals surface area contributed by atoms with Gasteiger partial charge in [0.2, 0.25) is 5.91 Å². The molecule has 6 heteroatoms. The van der Waals surface area contributed by atoms with Gasteiger partial charge in [-0.05, 0) is 30.7 Å². The number of anilines is 1. The Morgan fingerprint density at radius 2 is 2.10 bits per heavy atom. The van der Waals surface area contributed by atoms with Crippen molar-refractivity contribution in [2.24, 2.45) is 11.7 Å². The minimum Gasteiger partial charge on any atom is -0.481 e. The van der Waals surface area contributed by atoms with Crippen LogP contribution in [0.15, 0.2) is 18.2 Å². The number of carbonyl (C=O) groups excluding carboxylic acids is 1. The zero-order chi connectivity index (χ0) is 14.9. The topological polar surface area (TPSA) is 92.9 Å². The molecule has 0 saturated carbocycles. The van der Waals surface area contributed by atoms with E-state index in [0.29, 0.717) is 12.2 Å². The summed E-state index contributed by atoms with van der Waals surface area (Å²) in [5, 5.41) is 9.18. The molecule has 1 heterocycles. The lowest BCUT2D eigenvalue weighted by Gasteiger charge is -2.28. The summed E-state index contributed by atoms with van der Waals surface area (Å²) in [6, 6.07) is 5.04. The summed E-state index contributed by atoms with van der Waals surface area (Å²) in [6.07, 6.45) is 0. The zero-order valence-corrected chi connectivity index (χ0v) is 11.5. The molecule has 1 aromatic carbocycles. The van der Waals surface area contributed by atoms with Gasteiger partial charge in [0.25, 0.3) is 0 Å². The summed E-state index contributed by atoms with van der Waals surface area (Å²) in [5.74, 6) is -1.87. The summed E-state index contributed by atoms with van der Waals surface area (Å²) < 4.78 is 5.27. The van der Waals surface area contributed by atoms with Crippen LogP contribution in [0.1, 0.15) is 15.9 Å². The van der Waals surface area contributed by atoms with E-state index in [0.717, 1.165) is 11.3 Å². The molecule has 2 rings (SSSR count). The van der Waals surface area contributed by atoms with Crippen LogP contribution in [-0.2, 0) is 9.53 Å². The summed E-state index contributed by atoms with van der Waals surface area (Å²) >= 11 is 0. The third-order valence-corrected chi connectivity index (χ3v) is 3.75. The van der Waals surface area contributed by atoms with Crippen molar-refractivity contribution in [2.75, 3.05) is 25.2 Å². The molecule has 2 unspecified atom stereocenters. The molecule has 6 nitrogen and oxygen atoms in total. The van der Waals surface area contributed by atoms with Gasteiger partial charge >= 0.3 is 5.97 Å². The predicted octanol–water partition coefficient (Wildman–Crippen LogP) is 0.630. The second kappa shape index (κ2) is 5.50. The normalized spacial score (nSPS) is 21.7. The maximum atomic E-state index is 11.2. The largest absolute Gasteiger partial charge is 0.481 e. The third-order valence-electron chi connectivity index (χ3n) is 3.75. The molecule has 0 radical (unpaired) electrons. The van der Waals surface area contributed by atoms with Crippen molar-refractivity contribution in [1.82, 2.24) is 0 Å². The molecule has 1 amide bonds. The lowest BCUT2D eigenvalue weighted by molar-refractivity contribution is -0.141. The van der Waals surface area contributed by atoms with Gasteiger partial charge in [-0.1, -0.05) is 0 Å². The lowest BCUT2D eigenvalue weighted by Crippen LogP contribution is -2.40. The Kier molecular flexibility index (Phi) is 3.94. The molecule has 0 aliphatic carbocycles. The monoisotopic (exact) mass is 278 g/mol. The van der Waals surface area contributed by atoms with Crippen LogP contribution in [0.5, 0.6) is 0 Å². The first-order valence-corrected chi connectivity index (χ1v) is 6.35. The summed E-state index contributed by atoms with van der Waals surface area (Å²) in [5.41, 5.74) is 7.36. The first kappa shape index (κ1) is 14.3. The molecule has 0 spiro atoms. The number of ether oxygens (including phenoxy) is 1. The van der Waals surface area contributed by atoms with Gasteiger partial charge < -0.3 is 20.5 Å². The SMILES string of the molecule is Cc1cc(N(C)C2COCC2C(=O)O)ccc1C(N)=O. The van der Waals surface area contributed by atoms with Gasteiger partial charge in [-0.25, -0.2) is 0 Å². The van der Waals surface area contributed by atoms with Gasteiger partial charge in [-0.2, -0.15) is 0 Å². The molecule has 1 fully saturated rings. The van der Waals surface area contributed by atoms with Crippen molar-refractivity contribution in [3.05, 3.63) is 29.3 Å². The van der Waals surface area contributed by atoms with E-state index in [-0.39, 0.29) is 12.6 Å². The second-order valence-electron chi connectivity index (χ2n) is 5.02. The Balaban J connectivity index is 2.25. The maximum absolute atomic E-state index is 11.2. The van der Waals surface area contributed by atoms with Crippen LogP contribution in [0.3, 0.4) is 0 Å². The zero-order valence-electron chi connectivity index (χ0n) is 11.5. The minimum absolute atomic E-state index is 0.216. The number of carboxylic acid groups (broad SMARTS) is 1. The Bertz CT molecular complexity index is 544. The predicted molar refractivity (Wildman–Crippen MR) is 73.8 cm³/mol. The van der Waals surface area contributed by atoms with Gasteiger partial charge in [-0.3, -0.25) is 9.59 Å². The number of benzene rings is 1. The molecule has 1 aliphatic rings. The molecule has 108 valence electrons. The smallest absolute Gasteiger partial charge is 0.311 e. The number of rotatable bonds is 4. The van der Waals surface area contributed by atoms with Crippen molar-refractivity contribution in [2.45, 2.75) is 13.0 Å². The van der Waals surface area contributed by atoms with E-state index in [9.17, 15) is 14.7 Å². The van der Waals surface area contributed by atoms with Crippen molar-refractivity contribution in [3.63, 3.8) is 0 Å². The Morgan fingerprint density at radius 1 is 1.40 bits per heavy atom. The molecular weight excluding hydrogens is 260 g/mol. The molecule has 0 aromatic heterocycles. The number of carboxylic acids is 1. The summed E-state index contributed by atoms with van der Waals surface area (Å²) in [4.78, 5) is 24.3. The van der Waals surface area contributed by atoms with Crippen LogP contribution >= 0.6 is 0 Å². The van der Waals surface area contributed by atoms with Gasteiger partial charge in [0.15, 0.2) is 0 Å². The van der Waals surface area contributed by atoms with Crippen LogP contribution in [0.2, 0.25) is 0 Å². The molecule has 1 aliphatic heterocycles. The van der Waals surface area contributed by atoms with Gasteiger partial charge in [0, 0.05) is 18.3 Å². The Morgan fingerprint density at radius 3 is 2.65 bits per heavy atom. The first-order chi connectivity index (χ1) is 9.41. The van der Waals surface area contributed by atoms with E-state index in [4.69, 9.17) is 10.5 Å². The number of carbonyl (C=O) groups is 2. The van der Waals surface area contributed by atoms with Crippen LogP contribution < -0.4 is 10.6 Å². The number of nitrogens with two attached hydrogens (primary N) is 1. The summed E-state index contributed by atoms with van der Waals surface area (Å²) in [7, 11) is 1.83. The van der Waals surface area contributed by atoms with Gasteiger partial charge in [0.05, 0.1) is 19.3 Å². The van der Waals surface area contributed by atoms with Crippen molar-refractivity contribution >= 4 is 17.6 Å². The Labute approximate surface area is 117 Å². The highest BCUT2D eigenvalue weighted by atomic mass is 16.5. The number of nitrogens with zero attached hydrogens (tertiary/aromatic N) is 1. The fourth-order valence-corrected chi connectivity index (χ4v) is 2.50. The Hall–Kier alpha value is -2.08. The van der Waals surface area contributed by atoms with Crippen molar-refractivity contribution in [1.29, 1.82) is 0 Å². The molecule has 1 saturated heterocycles. The highest BCUT2D eigenvalue weighted by molar-refractivity contribution is 5.94. The molecule has 1 aromatic rings. The molecule has 20 heavy (non-hydrogen) atoms. The van der Waals surface area contributed by atoms with E-state index in [1.807, 2.05) is 18.0 Å².